The predicted octanol–water partition coefficient (Wildman–Crippen LogP) is 2.86. The van der Waals surface area contributed by atoms with Crippen molar-refractivity contribution in [1.29, 1.82) is 0 Å². The molecule has 2 unspecified atom stereocenters. The van der Waals surface area contributed by atoms with Crippen molar-refractivity contribution in [3.8, 4) is 0 Å². The number of carbonyl (C=O) groups excluding carboxylic acids is 1. The fraction of sp³-hybridized carbons (Fsp3) is 0.542. The normalized spacial score (nSPS) is 24.5. The van der Waals surface area contributed by atoms with Crippen LogP contribution in [-0.4, -0.2) is 57.9 Å². The first-order chi connectivity index (χ1) is 14.8. The highest BCUT2D eigenvalue weighted by Gasteiger charge is 2.37. The number of hydrogen-bond donors (Lipinski definition) is 1. The number of hydrogen-bond acceptors (Lipinski definition) is 5. The minimum atomic E-state index is 0.0543. The number of rotatable bonds is 4. The van der Waals surface area contributed by atoms with Crippen LogP contribution in [0.5, 0.6) is 0 Å². The molecule has 2 aliphatic heterocycles. The first kappa shape index (κ1) is 20.9. The molecule has 0 aliphatic carbocycles. The van der Waals surface area contributed by atoms with Crippen LogP contribution >= 0.6 is 0 Å². The fourth-order valence-electron chi connectivity index (χ4n) is 4.78. The van der Waals surface area contributed by atoms with E-state index in [0.29, 0.717) is 0 Å². The minimum Gasteiger partial charge on any atom is -0.356 e. The number of amides is 1. The summed E-state index contributed by atoms with van der Waals surface area (Å²) >= 11 is 0. The van der Waals surface area contributed by atoms with E-state index in [9.17, 15) is 4.79 Å². The van der Waals surface area contributed by atoms with Gasteiger partial charge in [-0.2, -0.15) is 0 Å². The van der Waals surface area contributed by atoms with Crippen LogP contribution in [0.25, 0.3) is 0 Å². The van der Waals surface area contributed by atoms with Crippen molar-refractivity contribution in [3.63, 3.8) is 0 Å². The molecule has 0 bridgehead atoms. The van der Waals surface area contributed by atoms with E-state index >= 15 is 0 Å². The van der Waals surface area contributed by atoms with Gasteiger partial charge in [0, 0.05) is 57.0 Å². The molecule has 6 nitrogen and oxygen atoms in total. The number of piperidine rings is 1. The highest BCUT2D eigenvalue weighted by Crippen LogP contribution is 2.26. The number of likely N-dealkylation sites (tertiary alicyclic amines) is 1. The number of pyridine rings is 2. The standard InChI is InChI=1S/C24H33N5O/c30-24-22-9-16-28(17-20-5-11-25-12-6-20)19-23(22)29(15-4-2-1-3-10-27-24)18-21-7-13-26-14-8-21/h5-8,11-14,22-23H,1-4,9-10,15-19H2,(H,27,30). The number of nitrogens with one attached hydrogen (secondary N) is 1. The molecule has 160 valence electrons. The molecule has 1 amide bonds. The molecule has 2 fully saturated rings. The summed E-state index contributed by atoms with van der Waals surface area (Å²) < 4.78 is 0. The van der Waals surface area contributed by atoms with E-state index in [1.807, 2.05) is 24.8 Å². The lowest BCUT2D eigenvalue weighted by molar-refractivity contribution is -0.129. The molecule has 2 aliphatic rings. The molecule has 2 saturated heterocycles. The summed E-state index contributed by atoms with van der Waals surface area (Å²) in [6.07, 6.45) is 13.0. The average Bonchev–Trinajstić information content (AvgIpc) is 2.81. The van der Waals surface area contributed by atoms with E-state index < -0.39 is 0 Å². The molecule has 2 aromatic rings. The van der Waals surface area contributed by atoms with Gasteiger partial charge in [-0.25, -0.2) is 0 Å². The number of aromatic nitrogens is 2. The second kappa shape index (κ2) is 10.6. The Morgan fingerprint density at radius 3 is 2.27 bits per heavy atom. The molecule has 0 saturated carbocycles. The molecule has 30 heavy (non-hydrogen) atoms. The number of carbonyl (C=O) groups is 1. The molecule has 0 aromatic carbocycles. The van der Waals surface area contributed by atoms with Crippen molar-refractivity contribution in [1.82, 2.24) is 25.1 Å². The number of nitrogens with zero attached hydrogens (tertiary/aromatic N) is 4. The minimum absolute atomic E-state index is 0.0543. The zero-order valence-corrected chi connectivity index (χ0v) is 17.7. The van der Waals surface area contributed by atoms with Crippen LogP contribution in [0, 0.1) is 5.92 Å². The van der Waals surface area contributed by atoms with Crippen LogP contribution in [0.4, 0.5) is 0 Å². The Bertz CT molecular complexity index is 785. The molecule has 0 radical (unpaired) electrons. The third-order valence-corrected chi connectivity index (χ3v) is 6.43. The summed E-state index contributed by atoms with van der Waals surface area (Å²) in [5.74, 6) is 0.295. The van der Waals surface area contributed by atoms with Crippen LogP contribution in [0.3, 0.4) is 0 Å². The van der Waals surface area contributed by atoms with E-state index in [2.05, 4.69) is 49.4 Å². The van der Waals surface area contributed by atoms with E-state index in [4.69, 9.17) is 0 Å². The lowest BCUT2D eigenvalue weighted by atomic mass is 9.88. The van der Waals surface area contributed by atoms with Crippen molar-refractivity contribution in [2.24, 2.45) is 5.92 Å². The zero-order chi connectivity index (χ0) is 20.6. The van der Waals surface area contributed by atoms with Gasteiger partial charge >= 0.3 is 0 Å². The van der Waals surface area contributed by atoms with Crippen molar-refractivity contribution in [3.05, 3.63) is 60.2 Å². The quantitative estimate of drug-likeness (QED) is 0.845. The zero-order valence-electron chi connectivity index (χ0n) is 17.7. The van der Waals surface area contributed by atoms with Gasteiger partial charge in [-0.05, 0) is 67.7 Å². The maximum absolute atomic E-state index is 13.1. The lowest BCUT2D eigenvalue weighted by Gasteiger charge is -2.43. The topological polar surface area (TPSA) is 61.4 Å². The average molecular weight is 408 g/mol. The Labute approximate surface area is 179 Å². The Balaban J connectivity index is 1.54. The Morgan fingerprint density at radius 2 is 1.53 bits per heavy atom. The molecule has 2 atom stereocenters. The van der Waals surface area contributed by atoms with Gasteiger partial charge < -0.3 is 5.32 Å². The second-order valence-corrected chi connectivity index (χ2v) is 8.58. The van der Waals surface area contributed by atoms with E-state index in [-0.39, 0.29) is 17.9 Å². The van der Waals surface area contributed by atoms with Crippen molar-refractivity contribution in [2.75, 3.05) is 26.2 Å². The molecule has 4 rings (SSSR count). The van der Waals surface area contributed by atoms with Gasteiger partial charge in [0.15, 0.2) is 0 Å². The fourth-order valence-corrected chi connectivity index (χ4v) is 4.78. The highest BCUT2D eigenvalue weighted by atomic mass is 16.1. The third-order valence-electron chi connectivity index (χ3n) is 6.43. The molecular formula is C24H33N5O. The van der Waals surface area contributed by atoms with Gasteiger partial charge in [0.05, 0.1) is 5.92 Å². The molecule has 2 aromatic heterocycles. The van der Waals surface area contributed by atoms with Gasteiger partial charge in [-0.15, -0.1) is 0 Å². The molecule has 1 N–H and O–H groups in total. The first-order valence-corrected chi connectivity index (χ1v) is 11.3. The Morgan fingerprint density at radius 1 is 0.867 bits per heavy atom. The Hall–Kier alpha value is -2.31. The van der Waals surface area contributed by atoms with Crippen LogP contribution in [0.2, 0.25) is 0 Å². The van der Waals surface area contributed by atoms with Gasteiger partial charge in [-0.1, -0.05) is 12.8 Å². The molecule has 4 heterocycles. The summed E-state index contributed by atoms with van der Waals surface area (Å²) in [5.41, 5.74) is 2.55. The maximum Gasteiger partial charge on any atom is 0.224 e. The van der Waals surface area contributed by atoms with Crippen LogP contribution < -0.4 is 5.32 Å². The van der Waals surface area contributed by atoms with E-state index in [1.165, 1.54) is 30.4 Å². The predicted molar refractivity (Wildman–Crippen MR) is 118 cm³/mol. The highest BCUT2D eigenvalue weighted by molar-refractivity contribution is 5.79. The van der Waals surface area contributed by atoms with Gasteiger partial charge in [-0.3, -0.25) is 24.6 Å². The van der Waals surface area contributed by atoms with Gasteiger partial charge in [0.1, 0.15) is 0 Å². The summed E-state index contributed by atoms with van der Waals surface area (Å²) in [6, 6.07) is 8.60. The summed E-state index contributed by atoms with van der Waals surface area (Å²) in [5, 5.41) is 3.23. The first-order valence-electron chi connectivity index (χ1n) is 11.3. The van der Waals surface area contributed by atoms with Gasteiger partial charge in [0.25, 0.3) is 0 Å². The monoisotopic (exact) mass is 407 g/mol. The number of fused-ring (bicyclic) bond motifs is 1. The third kappa shape index (κ3) is 5.64. The van der Waals surface area contributed by atoms with Gasteiger partial charge in [0.2, 0.25) is 5.91 Å². The largest absolute Gasteiger partial charge is 0.356 e. The maximum atomic E-state index is 13.1. The SMILES string of the molecule is O=C1NCCCCCCN(Cc2ccncc2)C2CN(Cc3ccncc3)CCC12. The lowest BCUT2D eigenvalue weighted by Crippen LogP contribution is -2.56. The second-order valence-electron chi connectivity index (χ2n) is 8.58. The summed E-state index contributed by atoms with van der Waals surface area (Å²) in [4.78, 5) is 26.4. The van der Waals surface area contributed by atoms with Crippen LogP contribution in [-0.2, 0) is 17.9 Å². The van der Waals surface area contributed by atoms with Crippen molar-refractivity contribution < 1.29 is 4.79 Å². The molecule has 0 spiro atoms. The van der Waals surface area contributed by atoms with E-state index in [1.54, 1.807) is 0 Å². The summed E-state index contributed by atoms with van der Waals surface area (Å²) in [7, 11) is 0. The molecule has 6 heteroatoms. The van der Waals surface area contributed by atoms with E-state index in [0.717, 1.165) is 52.1 Å². The van der Waals surface area contributed by atoms with Crippen molar-refractivity contribution in [2.45, 2.75) is 51.2 Å². The Kier molecular flexibility index (Phi) is 7.43. The van der Waals surface area contributed by atoms with Crippen LogP contribution in [0.15, 0.2) is 49.1 Å². The summed E-state index contributed by atoms with van der Waals surface area (Å²) in [6.45, 7) is 5.52. The molecular weight excluding hydrogens is 374 g/mol. The van der Waals surface area contributed by atoms with Crippen molar-refractivity contribution >= 4 is 5.91 Å². The van der Waals surface area contributed by atoms with Crippen LogP contribution in [0.1, 0.15) is 43.2 Å². The smallest absolute Gasteiger partial charge is 0.224 e.